The molecule has 0 saturated carbocycles. The van der Waals surface area contributed by atoms with Crippen LogP contribution in [-0.4, -0.2) is 51.7 Å². The fourth-order valence-corrected chi connectivity index (χ4v) is 2.61. The molecule has 1 rings (SSSR count). The summed E-state index contributed by atoms with van der Waals surface area (Å²) >= 11 is 0. The fourth-order valence-electron chi connectivity index (χ4n) is 1.67. The van der Waals surface area contributed by atoms with Gasteiger partial charge in [-0.1, -0.05) is 6.07 Å². The van der Waals surface area contributed by atoms with E-state index in [1.807, 2.05) is 0 Å². The maximum atomic E-state index is 12.0. The number of sulfonamides is 1. The van der Waals surface area contributed by atoms with Crippen molar-refractivity contribution in [2.24, 2.45) is 0 Å². The number of amides is 2. The largest absolute Gasteiger partial charge is 0.356 e. The number of hydrogen-bond donors (Lipinski definition) is 2. The predicted molar refractivity (Wildman–Crippen MR) is 82.9 cm³/mol. The standard InChI is InChI=1S/C14H21N3O4S/c1-11(18)15-8-5-9-16-14(19)12-6-4-7-13(10-12)22(20,21)17(2)3/h4,6-7,10H,5,8-9H2,1-3H3,(H,15,18)(H,16,19). The van der Waals surface area contributed by atoms with Gasteiger partial charge < -0.3 is 10.6 Å². The molecule has 2 amide bonds. The Labute approximate surface area is 130 Å². The van der Waals surface area contributed by atoms with Gasteiger partial charge in [-0.25, -0.2) is 12.7 Å². The SMILES string of the molecule is CC(=O)NCCCNC(=O)c1cccc(S(=O)(=O)N(C)C)c1. The molecule has 0 heterocycles. The molecule has 122 valence electrons. The second-order valence-corrected chi connectivity index (χ2v) is 7.06. The molecule has 0 radical (unpaired) electrons. The number of carbonyl (C=O) groups is 2. The smallest absolute Gasteiger partial charge is 0.251 e. The Bertz CT molecular complexity index is 641. The molecule has 0 saturated heterocycles. The third kappa shape index (κ3) is 5.12. The van der Waals surface area contributed by atoms with Gasteiger partial charge in [0.15, 0.2) is 0 Å². The van der Waals surface area contributed by atoms with Gasteiger partial charge in [-0.3, -0.25) is 9.59 Å². The van der Waals surface area contributed by atoms with Crippen molar-refractivity contribution in [2.45, 2.75) is 18.2 Å². The van der Waals surface area contributed by atoms with Gasteiger partial charge in [0.05, 0.1) is 4.90 Å². The quantitative estimate of drug-likeness (QED) is 0.699. The van der Waals surface area contributed by atoms with Crippen LogP contribution in [0.5, 0.6) is 0 Å². The van der Waals surface area contributed by atoms with E-state index in [1.165, 1.54) is 39.2 Å². The van der Waals surface area contributed by atoms with Gasteiger partial charge in [-0.15, -0.1) is 0 Å². The molecule has 0 aromatic heterocycles. The Kier molecular flexibility index (Phi) is 6.51. The fraction of sp³-hybridized carbons (Fsp3) is 0.429. The van der Waals surface area contributed by atoms with Gasteiger partial charge in [0.2, 0.25) is 15.9 Å². The van der Waals surface area contributed by atoms with Crippen molar-refractivity contribution in [3.63, 3.8) is 0 Å². The van der Waals surface area contributed by atoms with Crippen molar-refractivity contribution in [1.82, 2.24) is 14.9 Å². The van der Waals surface area contributed by atoms with Crippen molar-refractivity contribution < 1.29 is 18.0 Å². The second-order valence-electron chi connectivity index (χ2n) is 4.91. The highest BCUT2D eigenvalue weighted by molar-refractivity contribution is 7.89. The van der Waals surface area contributed by atoms with Crippen LogP contribution < -0.4 is 10.6 Å². The number of hydrogen-bond acceptors (Lipinski definition) is 4. The number of benzene rings is 1. The van der Waals surface area contributed by atoms with E-state index in [4.69, 9.17) is 0 Å². The first-order valence-corrected chi connectivity index (χ1v) is 8.24. The molecule has 0 bridgehead atoms. The average molecular weight is 327 g/mol. The summed E-state index contributed by atoms with van der Waals surface area (Å²) in [5.41, 5.74) is 0.280. The summed E-state index contributed by atoms with van der Waals surface area (Å²) in [6.07, 6.45) is 0.598. The predicted octanol–water partition coefficient (Wildman–Crippen LogP) is 0.193. The summed E-state index contributed by atoms with van der Waals surface area (Å²) in [7, 11) is -0.696. The van der Waals surface area contributed by atoms with Crippen LogP contribution in [0, 0.1) is 0 Å². The first kappa shape index (κ1) is 18.1. The minimum atomic E-state index is -3.57. The average Bonchev–Trinajstić information content (AvgIpc) is 2.46. The number of nitrogens with one attached hydrogen (secondary N) is 2. The summed E-state index contributed by atoms with van der Waals surface area (Å²) in [6, 6.07) is 5.88. The monoisotopic (exact) mass is 327 g/mol. The molecule has 0 fully saturated rings. The molecule has 0 spiro atoms. The summed E-state index contributed by atoms with van der Waals surface area (Å²) in [4.78, 5) is 22.7. The zero-order chi connectivity index (χ0) is 16.8. The summed E-state index contributed by atoms with van der Waals surface area (Å²) in [5.74, 6) is -0.466. The van der Waals surface area contributed by atoms with Crippen LogP contribution in [-0.2, 0) is 14.8 Å². The molecule has 2 N–H and O–H groups in total. The van der Waals surface area contributed by atoms with Crippen molar-refractivity contribution in [3.8, 4) is 0 Å². The van der Waals surface area contributed by atoms with Gasteiger partial charge in [-0.2, -0.15) is 0 Å². The zero-order valence-electron chi connectivity index (χ0n) is 12.9. The third-order valence-electron chi connectivity index (χ3n) is 2.89. The lowest BCUT2D eigenvalue weighted by molar-refractivity contribution is -0.118. The van der Waals surface area contributed by atoms with E-state index >= 15 is 0 Å². The Morgan fingerprint density at radius 3 is 2.36 bits per heavy atom. The molecular weight excluding hydrogens is 306 g/mol. The van der Waals surface area contributed by atoms with Gasteiger partial charge >= 0.3 is 0 Å². The second kappa shape index (κ2) is 7.90. The molecule has 0 aliphatic carbocycles. The Morgan fingerprint density at radius 1 is 1.14 bits per heavy atom. The van der Waals surface area contributed by atoms with Crippen molar-refractivity contribution in [3.05, 3.63) is 29.8 Å². The highest BCUT2D eigenvalue weighted by Crippen LogP contribution is 2.14. The van der Waals surface area contributed by atoms with E-state index in [1.54, 1.807) is 6.07 Å². The molecule has 0 aliphatic rings. The van der Waals surface area contributed by atoms with E-state index in [0.717, 1.165) is 4.31 Å². The maximum absolute atomic E-state index is 12.0. The molecule has 0 aliphatic heterocycles. The third-order valence-corrected chi connectivity index (χ3v) is 4.70. The molecule has 1 aromatic carbocycles. The lowest BCUT2D eigenvalue weighted by Gasteiger charge is -2.12. The highest BCUT2D eigenvalue weighted by atomic mass is 32.2. The Morgan fingerprint density at radius 2 is 1.77 bits per heavy atom. The first-order valence-electron chi connectivity index (χ1n) is 6.80. The molecule has 7 nitrogen and oxygen atoms in total. The molecule has 0 unspecified atom stereocenters. The van der Waals surface area contributed by atoms with Gasteiger partial charge in [0, 0.05) is 39.7 Å². The molecule has 8 heteroatoms. The molecule has 0 atom stereocenters. The minimum Gasteiger partial charge on any atom is -0.356 e. The van der Waals surface area contributed by atoms with Crippen LogP contribution in [0.15, 0.2) is 29.2 Å². The van der Waals surface area contributed by atoms with E-state index in [9.17, 15) is 18.0 Å². The van der Waals surface area contributed by atoms with Crippen LogP contribution in [0.3, 0.4) is 0 Å². The number of nitrogens with zero attached hydrogens (tertiary/aromatic N) is 1. The first-order chi connectivity index (χ1) is 10.2. The van der Waals surface area contributed by atoms with E-state index in [2.05, 4.69) is 10.6 Å². The molecular formula is C14H21N3O4S. The number of rotatable bonds is 7. The maximum Gasteiger partial charge on any atom is 0.251 e. The summed E-state index contributed by atoms with van der Waals surface area (Å²) < 4.78 is 25.1. The van der Waals surface area contributed by atoms with Crippen molar-refractivity contribution in [1.29, 1.82) is 0 Å². The van der Waals surface area contributed by atoms with Crippen LogP contribution in [0.4, 0.5) is 0 Å². The normalized spacial score (nSPS) is 11.3. The lowest BCUT2D eigenvalue weighted by atomic mass is 10.2. The van der Waals surface area contributed by atoms with Crippen molar-refractivity contribution >= 4 is 21.8 Å². The minimum absolute atomic E-state index is 0.0726. The zero-order valence-corrected chi connectivity index (χ0v) is 13.7. The van der Waals surface area contributed by atoms with Crippen LogP contribution in [0.25, 0.3) is 0 Å². The van der Waals surface area contributed by atoms with Gasteiger partial charge in [0.25, 0.3) is 5.91 Å². The summed E-state index contributed by atoms with van der Waals surface area (Å²) in [5, 5.41) is 5.31. The van der Waals surface area contributed by atoms with E-state index in [0.29, 0.717) is 19.5 Å². The van der Waals surface area contributed by atoms with E-state index < -0.39 is 10.0 Å². The summed E-state index contributed by atoms with van der Waals surface area (Å²) in [6.45, 7) is 2.30. The Balaban J connectivity index is 2.66. The van der Waals surface area contributed by atoms with Gasteiger partial charge in [0.1, 0.15) is 0 Å². The topological polar surface area (TPSA) is 95.6 Å². The van der Waals surface area contributed by atoms with Crippen LogP contribution in [0.1, 0.15) is 23.7 Å². The van der Waals surface area contributed by atoms with Crippen LogP contribution in [0.2, 0.25) is 0 Å². The van der Waals surface area contributed by atoms with Crippen molar-refractivity contribution in [2.75, 3.05) is 27.2 Å². The van der Waals surface area contributed by atoms with E-state index in [-0.39, 0.29) is 22.3 Å². The highest BCUT2D eigenvalue weighted by Gasteiger charge is 2.18. The van der Waals surface area contributed by atoms with Gasteiger partial charge in [-0.05, 0) is 24.6 Å². The Hall–Kier alpha value is -1.93. The van der Waals surface area contributed by atoms with Crippen LogP contribution >= 0.6 is 0 Å². The molecule has 1 aromatic rings. The lowest BCUT2D eigenvalue weighted by Crippen LogP contribution is -2.29. The number of carbonyl (C=O) groups excluding carboxylic acids is 2. The molecule has 22 heavy (non-hydrogen) atoms.